The molecular weight excluding hydrogens is 265 g/mol. The smallest absolute Gasteiger partial charge is 0.164 e. The highest BCUT2D eigenvalue weighted by atomic mass is 35.5. The van der Waals surface area contributed by atoms with E-state index < -0.39 is 5.82 Å². The van der Waals surface area contributed by atoms with Gasteiger partial charge in [-0.15, -0.1) is 0 Å². The molecule has 3 nitrogen and oxygen atoms in total. The zero-order chi connectivity index (χ0) is 14.0. The van der Waals surface area contributed by atoms with Crippen molar-refractivity contribution in [3.05, 3.63) is 40.3 Å². The summed E-state index contributed by atoms with van der Waals surface area (Å²) in [5, 5.41) is 3.10. The Morgan fingerprint density at radius 3 is 2.68 bits per heavy atom. The van der Waals surface area contributed by atoms with E-state index in [-0.39, 0.29) is 5.02 Å². The normalized spacial score (nSPS) is 10.6. The molecule has 1 aromatic carbocycles. The fourth-order valence-electron chi connectivity index (χ4n) is 2.02. The van der Waals surface area contributed by atoms with Gasteiger partial charge in [0.1, 0.15) is 5.82 Å². The summed E-state index contributed by atoms with van der Waals surface area (Å²) in [6.07, 6.45) is 0.820. The van der Waals surface area contributed by atoms with Gasteiger partial charge in [0.05, 0.1) is 10.6 Å². The predicted molar refractivity (Wildman–Crippen MR) is 76.1 cm³/mol. The van der Waals surface area contributed by atoms with Crippen LogP contribution in [-0.2, 0) is 6.42 Å². The Bertz CT molecular complexity index is 614. The van der Waals surface area contributed by atoms with E-state index in [9.17, 15) is 4.39 Å². The minimum atomic E-state index is -0.491. The lowest BCUT2D eigenvalue weighted by Gasteiger charge is -2.12. The van der Waals surface area contributed by atoms with E-state index in [1.807, 2.05) is 13.8 Å². The Balaban J connectivity index is 2.63. The topological polar surface area (TPSA) is 37.8 Å². The van der Waals surface area contributed by atoms with Crippen molar-refractivity contribution in [1.29, 1.82) is 0 Å². The molecule has 19 heavy (non-hydrogen) atoms. The SMILES string of the molecule is CCc1c(C)nc(-c2cccc(Cl)c2F)nc1NC. The average molecular weight is 280 g/mol. The Morgan fingerprint density at radius 2 is 2.05 bits per heavy atom. The summed E-state index contributed by atoms with van der Waals surface area (Å²) in [4.78, 5) is 8.75. The minimum absolute atomic E-state index is 0.0735. The third-order valence-corrected chi connectivity index (χ3v) is 3.29. The highest BCUT2D eigenvalue weighted by Gasteiger charge is 2.15. The van der Waals surface area contributed by atoms with E-state index in [2.05, 4.69) is 15.3 Å². The first-order valence-electron chi connectivity index (χ1n) is 6.08. The number of hydrogen-bond acceptors (Lipinski definition) is 3. The number of rotatable bonds is 3. The maximum absolute atomic E-state index is 14.0. The summed E-state index contributed by atoms with van der Waals surface area (Å²) in [7, 11) is 1.79. The van der Waals surface area contributed by atoms with E-state index in [1.54, 1.807) is 19.2 Å². The van der Waals surface area contributed by atoms with Gasteiger partial charge in [-0.1, -0.05) is 24.6 Å². The van der Waals surface area contributed by atoms with Crippen molar-refractivity contribution in [2.45, 2.75) is 20.3 Å². The van der Waals surface area contributed by atoms with Crippen LogP contribution in [0.25, 0.3) is 11.4 Å². The van der Waals surface area contributed by atoms with E-state index in [1.165, 1.54) is 6.07 Å². The number of aryl methyl sites for hydroxylation is 1. The van der Waals surface area contributed by atoms with Gasteiger partial charge in [-0.05, 0) is 25.5 Å². The van der Waals surface area contributed by atoms with Crippen LogP contribution in [0.2, 0.25) is 5.02 Å². The van der Waals surface area contributed by atoms with Crippen molar-refractivity contribution in [3.8, 4) is 11.4 Å². The first-order chi connectivity index (χ1) is 9.08. The molecule has 100 valence electrons. The number of halogens is 2. The van der Waals surface area contributed by atoms with Gasteiger partial charge in [0.15, 0.2) is 11.6 Å². The van der Waals surface area contributed by atoms with Crippen molar-refractivity contribution >= 4 is 17.4 Å². The third kappa shape index (κ3) is 2.54. The Kier molecular flexibility index (Phi) is 4.00. The number of nitrogens with zero attached hydrogens (tertiary/aromatic N) is 2. The van der Waals surface area contributed by atoms with Gasteiger partial charge < -0.3 is 5.32 Å². The van der Waals surface area contributed by atoms with Gasteiger partial charge >= 0.3 is 0 Å². The zero-order valence-electron chi connectivity index (χ0n) is 11.1. The summed E-state index contributed by atoms with van der Waals surface area (Å²) in [5.74, 6) is 0.582. The Morgan fingerprint density at radius 1 is 1.32 bits per heavy atom. The van der Waals surface area contributed by atoms with Crippen LogP contribution in [0.15, 0.2) is 18.2 Å². The van der Waals surface area contributed by atoms with Crippen molar-refractivity contribution in [2.24, 2.45) is 0 Å². The molecule has 0 aliphatic carbocycles. The van der Waals surface area contributed by atoms with Gasteiger partial charge in [-0.2, -0.15) is 0 Å². The van der Waals surface area contributed by atoms with E-state index in [0.717, 1.165) is 23.5 Å². The number of hydrogen-bond donors (Lipinski definition) is 1. The second-order valence-corrected chi connectivity index (χ2v) is 4.57. The molecule has 0 saturated carbocycles. The first-order valence-corrected chi connectivity index (χ1v) is 6.46. The minimum Gasteiger partial charge on any atom is -0.373 e. The largest absolute Gasteiger partial charge is 0.373 e. The highest BCUT2D eigenvalue weighted by molar-refractivity contribution is 6.31. The van der Waals surface area contributed by atoms with E-state index >= 15 is 0 Å². The molecular formula is C14H15ClFN3. The maximum Gasteiger partial charge on any atom is 0.164 e. The molecule has 0 amide bonds. The molecule has 0 bridgehead atoms. The van der Waals surface area contributed by atoms with Crippen LogP contribution in [0, 0.1) is 12.7 Å². The zero-order valence-corrected chi connectivity index (χ0v) is 11.8. The molecule has 0 atom stereocenters. The molecule has 1 aromatic heterocycles. The Labute approximate surface area is 116 Å². The predicted octanol–water partition coefficient (Wildman–Crippen LogP) is 3.85. The van der Waals surface area contributed by atoms with Crippen LogP contribution in [0.1, 0.15) is 18.2 Å². The second kappa shape index (κ2) is 5.53. The lowest BCUT2D eigenvalue weighted by molar-refractivity contribution is 0.630. The van der Waals surface area contributed by atoms with Gasteiger partial charge in [0.2, 0.25) is 0 Å². The molecule has 1 heterocycles. The van der Waals surface area contributed by atoms with Gasteiger partial charge in [-0.25, -0.2) is 14.4 Å². The molecule has 0 spiro atoms. The summed E-state index contributed by atoms with van der Waals surface area (Å²) >= 11 is 5.79. The van der Waals surface area contributed by atoms with Gasteiger partial charge in [0, 0.05) is 18.3 Å². The van der Waals surface area contributed by atoms with Crippen molar-refractivity contribution in [1.82, 2.24) is 9.97 Å². The van der Waals surface area contributed by atoms with Crippen molar-refractivity contribution < 1.29 is 4.39 Å². The van der Waals surface area contributed by atoms with Crippen LogP contribution in [0.5, 0.6) is 0 Å². The fraction of sp³-hybridized carbons (Fsp3) is 0.286. The van der Waals surface area contributed by atoms with Crippen LogP contribution in [-0.4, -0.2) is 17.0 Å². The molecule has 0 radical (unpaired) electrons. The van der Waals surface area contributed by atoms with Crippen LogP contribution >= 0.6 is 11.6 Å². The third-order valence-electron chi connectivity index (χ3n) is 3.00. The van der Waals surface area contributed by atoms with Crippen LogP contribution in [0.3, 0.4) is 0 Å². The fourth-order valence-corrected chi connectivity index (χ4v) is 2.20. The molecule has 2 aromatic rings. The molecule has 0 saturated heterocycles. The summed E-state index contributed by atoms with van der Waals surface area (Å²) < 4.78 is 14.0. The maximum atomic E-state index is 14.0. The Hall–Kier alpha value is -1.68. The summed E-state index contributed by atoms with van der Waals surface area (Å²) in [5.41, 5.74) is 2.19. The highest BCUT2D eigenvalue weighted by Crippen LogP contribution is 2.27. The lowest BCUT2D eigenvalue weighted by atomic mass is 10.1. The number of nitrogens with one attached hydrogen (secondary N) is 1. The number of anilines is 1. The molecule has 1 N–H and O–H groups in total. The van der Waals surface area contributed by atoms with Gasteiger partial charge in [0.25, 0.3) is 0 Å². The monoisotopic (exact) mass is 279 g/mol. The second-order valence-electron chi connectivity index (χ2n) is 4.16. The quantitative estimate of drug-likeness (QED) is 0.927. The van der Waals surface area contributed by atoms with Crippen LogP contribution in [0.4, 0.5) is 10.2 Å². The van der Waals surface area contributed by atoms with Gasteiger partial charge in [-0.3, -0.25) is 0 Å². The number of aromatic nitrogens is 2. The van der Waals surface area contributed by atoms with Crippen molar-refractivity contribution in [2.75, 3.05) is 12.4 Å². The van der Waals surface area contributed by atoms with Crippen LogP contribution < -0.4 is 5.32 Å². The molecule has 0 fully saturated rings. The number of benzene rings is 1. The first kappa shape index (κ1) is 13.7. The lowest BCUT2D eigenvalue weighted by Crippen LogP contribution is -2.05. The summed E-state index contributed by atoms with van der Waals surface area (Å²) in [6, 6.07) is 4.82. The standard InChI is InChI=1S/C14H15ClFN3/c1-4-9-8(2)18-14(19-13(9)17-3)10-6-5-7-11(15)12(10)16/h5-7H,4H2,1-3H3,(H,17,18,19). The summed E-state index contributed by atoms with van der Waals surface area (Å²) in [6.45, 7) is 3.93. The molecule has 0 unspecified atom stereocenters. The van der Waals surface area contributed by atoms with E-state index in [0.29, 0.717) is 11.4 Å². The average Bonchev–Trinajstić information content (AvgIpc) is 2.40. The van der Waals surface area contributed by atoms with E-state index in [4.69, 9.17) is 11.6 Å². The molecule has 0 aliphatic rings. The molecule has 5 heteroatoms. The molecule has 2 rings (SSSR count). The van der Waals surface area contributed by atoms with Crippen molar-refractivity contribution in [3.63, 3.8) is 0 Å². The molecule has 0 aliphatic heterocycles.